The van der Waals surface area contributed by atoms with Crippen molar-refractivity contribution in [1.29, 1.82) is 0 Å². The number of aromatic nitrogens is 1. The van der Waals surface area contributed by atoms with Crippen molar-refractivity contribution >= 4 is 33.5 Å². The van der Waals surface area contributed by atoms with Gasteiger partial charge in [0.2, 0.25) is 0 Å². The first-order valence-electron chi connectivity index (χ1n) is 8.82. The Morgan fingerprint density at radius 2 is 1.56 bits per heavy atom. The quantitative estimate of drug-likeness (QED) is 0.548. The lowest BCUT2D eigenvalue weighted by atomic mass is 10.1. The molecule has 0 saturated carbocycles. The Balaban J connectivity index is 2.09. The van der Waals surface area contributed by atoms with E-state index in [1.165, 1.54) is 0 Å². The third kappa shape index (κ3) is 2.81. The van der Waals surface area contributed by atoms with Crippen molar-refractivity contribution < 1.29 is 9.47 Å². The van der Waals surface area contributed by atoms with Gasteiger partial charge in [-0.05, 0) is 30.3 Å². The average molecular weight is 361 g/mol. The molecule has 0 aliphatic carbocycles. The molecule has 27 heavy (non-hydrogen) atoms. The largest absolute Gasteiger partial charge is 0.493 e. The number of anilines is 3. The number of ether oxygens (including phenoxy) is 2. The topological polar surface area (TPSA) is 38.1 Å². The van der Waals surface area contributed by atoms with Crippen LogP contribution in [0.2, 0.25) is 0 Å². The summed E-state index contributed by atoms with van der Waals surface area (Å²) in [7, 11) is 7.44. The molecule has 2 heterocycles. The fourth-order valence-electron chi connectivity index (χ4n) is 3.56. The Morgan fingerprint density at radius 1 is 0.852 bits per heavy atom. The van der Waals surface area contributed by atoms with E-state index in [-0.39, 0.29) is 0 Å². The lowest BCUT2D eigenvalue weighted by Gasteiger charge is -2.24. The van der Waals surface area contributed by atoms with Gasteiger partial charge in [-0.2, -0.15) is 0 Å². The maximum absolute atomic E-state index is 5.56. The standard InChI is InChI=1S/C22H23N3O2/c1-24(2)22-16-13-19(26-3)20(27-4)14-18(16)25-12-8-11-17(25)21(22)23-15-9-6-5-7-10-15/h5-14,23H,1-4H3. The van der Waals surface area contributed by atoms with Crippen LogP contribution in [0.4, 0.5) is 17.1 Å². The Kier molecular flexibility index (Phi) is 4.28. The molecule has 5 nitrogen and oxygen atoms in total. The van der Waals surface area contributed by atoms with E-state index in [1.54, 1.807) is 14.2 Å². The molecular formula is C22H23N3O2. The minimum atomic E-state index is 0.713. The number of nitrogens with zero attached hydrogens (tertiary/aromatic N) is 2. The predicted octanol–water partition coefficient (Wildman–Crippen LogP) is 4.92. The summed E-state index contributed by atoms with van der Waals surface area (Å²) in [5, 5.41) is 4.69. The summed E-state index contributed by atoms with van der Waals surface area (Å²) in [6, 6.07) is 18.5. The number of hydrogen-bond acceptors (Lipinski definition) is 4. The first kappa shape index (κ1) is 17.1. The molecule has 2 aromatic carbocycles. The summed E-state index contributed by atoms with van der Waals surface area (Å²) in [6.45, 7) is 0. The summed E-state index contributed by atoms with van der Waals surface area (Å²) in [5.74, 6) is 1.43. The van der Waals surface area contributed by atoms with Crippen molar-refractivity contribution in [3.05, 3.63) is 60.8 Å². The molecule has 0 saturated heterocycles. The zero-order valence-electron chi connectivity index (χ0n) is 16.0. The lowest BCUT2D eigenvalue weighted by Crippen LogP contribution is -2.13. The number of rotatable bonds is 5. The van der Waals surface area contributed by atoms with Gasteiger partial charge in [-0.25, -0.2) is 0 Å². The number of hydrogen-bond donors (Lipinski definition) is 1. The highest BCUT2D eigenvalue weighted by Gasteiger charge is 2.19. The maximum atomic E-state index is 5.56. The van der Waals surface area contributed by atoms with Crippen LogP contribution < -0.4 is 19.7 Å². The second kappa shape index (κ2) is 6.76. The predicted molar refractivity (Wildman–Crippen MR) is 112 cm³/mol. The smallest absolute Gasteiger partial charge is 0.162 e. The summed E-state index contributed by atoms with van der Waals surface area (Å²) >= 11 is 0. The molecule has 1 N–H and O–H groups in total. The number of methoxy groups -OCH3 is 2. The van der Waals surface area contributed by atoms with Gasteiger partial charge in [0.15, 0.2) is 11.5 Å². The molecule has 4 rings (SSSR count). The zero-order valence-corrected chi connectivity index (χ0v) is 16.0. The molecule has 2 aromatic heterocycles. The second-order valence-electron chi connectivity index (χ2n) is 6.60. The summed E-state index contributed by atoms with van der Waals surface area (Å²) in [5.41, 5.74) is 5.36. The van der Waals surface area contributed by atoms with Crippen LogP contribution in [0.3, 0.4) is 0 Å². The molecular weight excluding hydrogens is 338 g/mol. The van der Waals surface area contributed by atoms with E-state index in [0.717, 1.165) is 33.5 Å². The molecule has 0 aliphatic rings. The molecule has 0 radical (unpaired) electrons. The van der Waals surface area contributed by atoms with E-state index in [9.17, 15) is 0 Å². The van der Waals surface area contributed by atoms with Crippen LogP contribution >= 0.6 is 0 Å². The minimum absolute atomic E-state index is 0.713. The normalized spacial score (nSPS) is 11.0. The molecule has 0 spiro atoms. The lowest BCUT2D eigenvalue weighted by molar-refractivity contribution is 0.356. The summed E-state index contributed by atoms with van der Waals surface area (Å²) in [4.78, 5) is 2.13. The highest BCUT2D eigenvalue weighted by atomic mass is 16.5. The van der Waals surface area contributed by atoms with E-state index in [2.05, 4.69) is 59.2 Å². The van der Waals surface area contributed by atoms with E-state index < -0.39 is 0 Å². The number of para-hydroxylation sites is 1. The molecule has 0 aliphatic heterocycles. The molecule has 0 atom stereocenters. The monoisotopic (exact) mass is 361 g/mol. The first-order valence-corrected chi connectivity index (χ1v) is 8.82. The summed E-state index contributed by atoms with van der Waals surface area (Å²) < 4.78 is 13.3. The van der Waals surface area contributed by atoms with E-state index >= 15 is 0 Å². The van der Waals surface area contributed by atoms with Crippen molar-refractivity contribution in [2.45, 2.75) is 0 Å². The highest BCUT2D eigenvalue weighted by molar-refractivity contribution is 6.07. The van der Waals surface area contributed by atoms with E-state index in [0.29, 0.717) is 11.5 Å². The fourth-order valence-corrected chi connectivity index (χ4v) is 3.56. The molecule has 0 unspecified atom stereocenters. The number of fused-ring (bicyclic) bond motifs is 3. The number of pyridine rings is 1. The van der Waals surface area contributed by atoms with Crippen molar-refractivity contribution in [2.75, 3.05) is 38.5 Å². The molecule has 138 valence electrons. The van der Waals surface area contributed by atoms with Crippen LogP contribution in [0.5, 0.6) is 11.5 Å². The Morgan fingerprint density at radius 3 is 2.22 bits per heavy atom. The molecule has 0 fully saturated rings. The van der Waals surface area contributed by atoms with Crippen LogP contribution in [0.1, 0.15) is 0 Å². The van der Waals surface area contributed by atoms with Gasteiger partial charge in [0.1, 0.15) is 0 Å². The zero-order chi connectivity index (χ0) is 19.0. The van der Waals surface area contributed by atoms with Gasteiger partial charge in [-0.3, -0.25) is 0 Å². The average Bonchev–Trinajstić information content (AvgIpc) is 3.17. The third-order valence-corrected chi connectivity index (χ3v) is 4.75. The SMILES string of the molecule is COc1cc2c(N(C)C)c(Nc3ccccc3)c3cccn3c2cc1OC. The van der Waals surface area contributed by atoms with Crippen molar-refractivity contribution in [1.82, 2.24) is 4.40 Å². The van der Waals surface area contributed by atoms with Gasteiger partial charge < -0.3 is 24.1 Å². The Bertz CT molecular complexity index is 1100. The minimum Gasteiger partial charge on any atom is -0.493 e. The van der Waals surface area contributed by atoms with E-state index in [4.69, 9.17) is 9.47 Å². The van der Waals surface area contributed by atoms with Gasteiger partial charge in [-0.1, -0.05) is 18.2 Å². The maximum Gasteiger partial charge on any atom is 0.162 e. The second-order valence-corrected chi connectivity index (χ2v) is 6.60. The molecule has 0 amide bonds. The Hall–Kier alpha value is -3.34. The van der Waals surface area contributed by atoms with Gasteiger partial charge in [0.05, 0.1) is 36.6 Å². The molecule has 5 heteroatoms. The van der Waals surface area contributed by atoms with Crippen molar-refractivity contribution in [3.63, 3.8) is 0 Å². The van der Waals surface area contributed by atoms with Crippen LogP contribution in [0.15, 0.2) is 60.8 Å². The Labute approximate surface area is 158 Å². The van der Waals surface area contributed by atoms with Gasteiger partial charge in [0, 0.05) is 37.4 Å². The van der Waals surface area contributed by atoms with E-state index in [1.807, 2.05) is 30.3 Å². The summed E-state index contributed by atoms with van der Waals surface area (Å²) in [6.07, 6.45) is 2.07. The van der Waals surface area contributed by atoms with Crippen LogP contribution in [0.25, 0.3) is 16.4 Å². The van der Waals surface area contributed by atoms with Gasteiger partial charge >= 0.3 is 0 Å². The van der Waals surface area contributed by atoms with Gasteiger partial charge in [-0.15, -0.1) is 0 Å². The highest BCUT2D eigenvalue weighted by Crippen LogP contribution is 2.43. The van der Waals surface area contributed by atoms with Crippen LogP contribution in [-0.2, 0) is 0 Å². The first-order chi connectivity index (χ1) is 13.1. The van der Waals surface area contributed by atoms with Crippen LogP contribution in [-0.4, -0.2) is 32.7 Å². The van der Waals surface area contributed by atoms with Crippen molar-refractivity contribution in [2.24, 2.45) is 0 Å². The molecule has 0 bridgehead atoms. The third-order valence-electron chi connectivity index (χ3n) is 4.75. The van der Waals surface area contributed by atoms with Gasteiger partial charge in [0.25, 0.3) is 0 Å². The number of benzene rings is 2. The van der Waals surface area contributed by atoms with Crippen LogP contribution in [0, 0.1) is 0 Å². The van der Waals surface area contributed by atoms with Crippen molar-refractivity contribution in [3.8, 4) is 11.5 Å². The molecule has 4 aromatic rings. The number of nitrogens with one attached hydrogen (secondary N) is 1. The fraction of sp³-hybridized carbons (Fsp3) is 0.182.